The molecule has 0 atom stereocenters. The lowest BCUT2D eigenvalue weighted by Crippen LogP contribution is -2.26. The van der Waals surface area contributed by atoms with Crippen LogP contribution in [0.3, 0.4) is 0 Å². The smallest absolute Gasteiger partial charge is 0.335 e. The first kappa shape index (κ1) is 21.6. The van der Waals surface area contributed by atoms with Crippen molar-refractivity contribution < 1.29 is 19.6 Å². The highest BCUT2D eigenvalue weighted by atomic mass is 35.5. The Morgan fingerprint density at radius 2 is 1.89 bits per heavy atom. The van der Waals surface area contributed by atoms with Crippen molar-refractivity contribution in [3.63, 3.8) is 0 Å². The highest BCUT2D eigenvalue weighted by Crippen LogP contribution is 2.23. The Kier molecular flexibility index (Phi) is 7.89. The molecule has 0 saturated carbocycles. The van der Waals surface area contributed by atoms with Crippen molar-refractivity contribution in [3.05, 3.63) is 46.1 Å². The number of carboxylic acid groups (broad SMARTS) is 1. The van der Waals surface area contributed by atoms with Gasteiger partial charge in [-0.3, -0.25) is 14.9 Å². The molecule has 0 aliphatic rings. The van der Waals surface area contributed by atoms with Crippen molar-refractivity contribution in [2.45, 2.75) is 6.92 Å². The molecule has 0 saturated heterocycles. The molecule has 1 heterocycles. The average molecular weight is 397 g/mol. The van der Waals surface area contributed by atoms with Gasteiger partial charge in [0.05, 0.1) is 10.5 Å². The Morgan fingerprint density at radius 1 is 1.22 bits per heavy atom. The number of nitrogens with zero attached hydrogens (tertiary/aromatic N) is 3. The van der Waals surface area contributed by atoms with Crippen LogP contribution >= 0.6 is 12.4 Å². The number of rotatable bonds is 8. The van der Waals surface area contributed by atoms with E-state index in [9.17, 15) is 19.7 Å². The second-order valence-corrected chi connectivity index (χ2v) is 5.10. The molecule has 0 aliphatic carbocycles. The molecular weight excluding hydrogens is 380 g/mol. The number of carbonyl (C=O) groups is 2. The summed E-state index contributed by atoms with van der Waals surface area (Å²) in [6.45, 7) is 1.88. The Hall–Kier alpha value is -3.47. The number of carboxylic acids is 1. The fourth-order valence-corrected chi connectivity index (χ4v) is 1.94. The van der Waals surface area contributed by atoms with E-state index < -0.39 is 10.9 Å². The van der Waals surface area contributed by atoms with Crippen LogP contribution in [-0.4, -0.2) is 45.0 Å². The number of hydrogen-bond acceptors (Lipinski definition) is 8. The fourth-order valence-electron chi connectivity index (χ4n) is 1.94. The van der Waals surface area contributed by atoms with Crippen molar-refractivity contribution in [1.29, 1.82) is 0 Å². The van der Waals surface area contributed by atoms with Gasteiger partial charge in [0.2, 0.25) is 17.7 Å². The summed E-state index contributed by atoms with van der Waals surface area (Å²) in [4.78, 5) is 40.1. The Bertz CT molecular complexity index is 830. The van der Waals surface area contributed by atoms with Crippen LogP contribution in [0.25, 0.3) is 0 Å². The third-order valence-electron chi connectivity index (χ3n) is 3.15. The molecule has 0 fully saturated rings. The molecule has 144 valence electrons. The zero-order valence-electron chi connectivity index (χ0n) is 14.1. The minimum atomic E-state index is -1.05. The third-order valence-corrected chi connectivity index (χ3v) is 3.15. The van der Waals surface area contributed by atoms with E-state index in [0.717, 1.165) is 6.20 Å². The first-order chi connectivity index (χ1) is 12.4. The predicted octanol–water partition coefficient (Wildman–Crippen LogP) is 1.80. The molecular formula is C15H17ClN6O5. The van der Waals surface area contributed by atoms with Crippen LogP contribution in [0.15, 0.2) is 30.5 Å². The van der Waals surface area contributed by atoms with Gasteiger partial charge in [-0.25, -0.2) is 9.78 Å². The molecule has 27 heavy (non-hydrogen) atoms. The summed E-state index contributed by atoms with van der Waals surface area (Å²) >= 11 is 0. The van der Waals surface area contributed by atoms with Crippen molar-refractivity contribution in [2.75, 3.05) is 23.7 Å². The molecule has 11 nitrogen and oxygen atoms in total. The first-order valence-electron chi connectivity index (χ1n) is 7.47. The molecule has 1 aromatic heterocycles. The topological polar surface area (TPSA) is 159 Å². The zero-order chi connectivity index (χ0) is 19.1. The SMILES string of the molecule is CC(=O)NCCNc1nc(Nc2ccc(C(=O)O)cc2)ncc1[N+](=O)[O-].Cl. The lowest BCUT2D eigenvalue weighted by atomic mass is 10.2. The Morgan fingerprint density at radius 3 is 2.44 bits per heavy atom. The summed E-state index contributed by atoms with van der Waals surface area (Å²) in [6, 6.07) is 5.86. The van der Waals surface area contributed by atoms with Gasteiger partial charge in [0, 0.05) is 25.7 Å². The Balaban J connectivity index is 0.00000364. The van der Waals surface area contributed by atoms with Crippen molar-refractivity contribution in [1.82, 2.24) is 15.3 Å². The van der Waals surface area contributed by atoms with Crippen molar-refractivity contribution in [3.8, 4) is 0 Å². The summed E-state index contributed by atoms with van der Waals surface area (Å²) in [5, 5.41) is 28.1. The number of nitrogens with one attached hydrogen (secondary N) is 3. The number of aromatic nitrogens is 2. The molecule has 2 rings (SSSR count). The molecule has 1 aromatic carbocycles. The number of benzene rings is 1. The van der Waals surface area contributed by atoms with Gasteiger partial charge in [-0.05, 0) is 24.3 Å². The second-order valence-electron chi connectivity index (χ2n) is 5.10. The molecule has 0 radical (unpaired) electrons. The highest BCUT2D eigenvalue weighted by Gasteiger charge is 2.17. The zero-order valence-corrected chi connectivity index (χ0v) is 14.9. The van der Waals surface area contributed by atoms with E-state index in [-0.39, 0.29) is 54.4 Å². The maximum atomic E-state index is 11.1. The largest absolute Gasteiger partial charge is 0.478 e. The van der Waals surface area contributed by atoms with E-state index >= 15 is 0 Å². The average Bonchev–Trinajstić information content (AvgIpc) is 2.59. The fraction of sp³-hybridized carbons (Fsp3) is 0.200. The van der Waals surface area contributed by atoms with Crippen LogP contribution < -0.4 is 16.0 Å². The number of halogens is 1. The standard InChI is InChI=1S/C15H16N6O5.ClH/c1-9(22)16-6-7-17-13-12(21(25)26)8-18-15(20-13)19-11-4-2-10(3-5-11)14(23)24;/h2-5,8H,6-7H2,1H3,(H,16,22)(H,23,24)(H2,17,18,19,20);1H. The van der Waals surface area contributed by atoms with E-state index in [1.54, 1.807) is 0 Å². The molecule has 0 bridgehead atoms. The minimum Gasteiger partial charge on any atom is -0.478 e. The lowest BCUT2D eigenvalue weighted by Gasteiger charge is -2.09. The van der Waals surface area contributed by atoms with Crippen molar-refractivity contribution >= 4 is 47.4 Å². The van der Waals surface area contributed by atoms with Crippen LogP contribution in [0.4, 0.5) is 23.1 Å². The first-order valence-corrected chi connectivity index (χ1v) is 7.47. The normalized spacial score (nSPS) is 9.67. The molecule has 0 aliphatic heterocycles. The number of carbonyl (C=O) groups excluding carboxylic acids is 1. The molecule has 2 aromatic rings. The van der Waals surface area contributed by atoms with Gasteiger partial charge >= 0.3 is 11.7 Å². The summed E-state index contributed by atoms with van der Waals surface area (Å²) in [6.07, 6.45) is 1.06. The summed E-state index contributed by atoms with van der Waals surface area (Å²) in [5.41, 5.74) is 0.341. The summed E-state index contributed by atoms with van der Waals surface area (Å²) in [5.74, 6) is -1.16. The summed E-state index contributed by atoms with van der Waals surface area (Å²) < 4.78 is 0. The minimum absolute atomic E-state index is 0. The second kappa shape index (κ2) is 9.87. The van der Waals surface area contributed by atoms with E-state index in [2.05, 4.69) is 25.9 Å². The van der Waals surface area contributed by atoms with E-state index in [4.69, 9.17) is 5.11 Å². The summed E-state index contributed by atoms with van der Waals surface area (Å²) in [7, 11) is 0. The predicted molar refractivity (Wildman–Crippen MR) is 99.8 cm³/mol. The number of amides is 1. The van der Waals surface area contributed by atoms with Crippen LogP contribution in [-0.2, 0) is 4.79 Å². The number of aromatic carboxylic acids is 1. The molecule has 0 spiro atoms. The third kappa shape index (κ3) is 6.40. The van der Waals surface area contributed by atoms with Gasteiger partial charge in [0.25, 0.3) is 0 Å². The number of anilines is 3. The lowest BCUT2D eigenvalue weighted by molar-refractivity contribution is -0.384. The highest BCUT2D eigenvalue weighted by molar-refractivity contribution is 5.88. The van der Waals surface area contributed by atoms with Gasteiger partial charge in [-0.1, -0.05) is 0 Å². The van der Waals surface area contributed by atoms with E-state index in [0.29, 0.717) is 5.69 Å². The van der Waals surface area contributed by atoms with Gasteiger partial charge in [-0.2, -0.15) is 4.98 Å². The van der Waals surface area contributed by atoms with Gasteiger partial charge in [0.1, 0.15) is 6.20 Å². The van der Waals surface area contributed by atoms with Crippen LogP contribution in [0.1, 0.15) is 17.3 Å². The van der Waals surface area contributed by atoms with Crippen LogP contribution in [0.5, 0.6) is 0 Å². The van der Waals surface area contributed by atoms with E-state index in [1.807, 2.05) is 0 Å². The van der Waals surface area contributed by atoms with E-state index in [1.165, 1.54) is 31.2 Å². The molecule has 0 unspecified atom stereocenters. The maximum Gasteiger partial charge on any atom is 0.335 e. The monoisotopic (exact) mass is 396 g/mol. The molecule has 12 heteroatoms. The molecule has 4 N–H and O–H groups in total. The Labute approximate surface area is 159 Å². The van der Waals surface area contributed by atoms with Crippen LogP contribution in [0, 0.1) is 10.1 Å². The van der Waals surface area contributed by atoms with Gasteiger partial charge in [0.15, 0.2) is 0 Å². The molecule has 1 amide bonds. The van der Waals surface area contributed by atoms with Gasteiger partial charge in [-0.15, -0.1) is 12.4 Å². The van der Waals surface area contributed by atoms with Crippen LogP contribution in [0.2, 0.25) is 0 Å². The quantitative estimate of drug-likeness (QED) is 0.296. The number of hydrogen-bond donors (Lipinski definition) is 4. The van der Waals surface area contributed by atoms with Crippen molar-refractivity contribution in [2.24, 2.45) is 0 Å². The maximum absolute atomic E-state index is 11.1. The van der Waals surface area contributed by atoms with Gasteiger partial charge < -0.3 is 21.1 Å². The number of nitro groups is 1.